The maximum Gasteiger partial charge on any atom is 0.0433 e. The molecule has 3 aromatic carbocycles. The molecular formula is C20H18S. The topological polar surface area (TPSA) is 0 Å². The van der Waals surface area contributed by atoms with E-state index >= 15 is 0 Å². The fraction of sp³-hybridized carbons (Fsp3) is 0.200. The van der Waals surface area contributed by atoms with Crippen molar-refractivity contribution in [2.24, 2.45) is 0 Å². The van der Waals surface area contributed by atoms with Crippen LogP contribution in [0.25, 0.3) is 30.9 Å². The molecule has 1 heteroatoms. The fourth-order valence-corrected chi connectivity index (χ4v) is 4.19. The predicted molar refractivity (Wildman–Crippen MR) is 95.5 cm³/mol. The van der Waals surface area contributed by atoms with Crippen LogP contribution >= 0.6 is 11.3 Å². The molecule has 1 heterocycles. The Morgan fingerprint density at radius 3 is 2.38 bits per heavy atom. The smallest absolute Gasteiger partial charge is 0.0433 e. The molecule has 0 saturated carbocycles. The Kier molecular flexibility index (Phi) is 2.64. The van der Waals surface area contributed by atoms with Gasteiger partial charge in [0.15, 0.2) is 0 Å². The highest BCUT2D eigenvalue weighted by atomic mass is 32.1. The average Bonchev–Trinajstić information content (AvgIpc) is 2.84. The molecule has 0 unspecified atom stereocenters. The average molecular weight is 290 g/mol. The minimum absolute atomic E-state index is 0.194. The number of benzene rings is 3. The van der Waals surface area contributed by atoms with Gasteiger partial charge in [0, 0.05) is 20.2 Å². The first-order chi connectivity index (χ1) is 10.0. The highest BCUT2D eigenvalue weighted by Gasteiger charge is 2.16. The van der Waals surface area contributed by atoms with Gasteiger partial charge in [-0.05, 0) is 33.9 Å². The van der Waals surface area contributed by atoms with Crippen LogP contribution in [-0.4, -0.2) is 0 Å². The van der Waals surface area contributed by atoms with Crippen LogP contribution in [0.15, 0.2) is 54.6 Å². The van der Waals surface area contributed by atoms with Gasteiger partial charge in [0.1, 0.15) is 0 Å². The Morgan fingerprint density at radius 1 is 0.762 bits per heavy atom. The van der Waals surface area contributed by atoms with Crippen LogP contribution in [0, 0.1) is 0 Å². The van der Waals surface area contributed by atoms with E-state index in [1.165, 1.54) is 36.5 Å². The molecule has 0 aliphatic carbocycles. The van der Waals surface area contributed by atoms with Crippen molar-refractivity contribution in [3.8, 4) is 0 Å². The van der Waals surface area contributed by atoms with Crippen molar-refractivity contribution < 1.29 is 0 Å². The number of thiophene rings is 1. The lowest BCUT2D eigenvalue weighted by Crippen LogP contribution is -2.10. The largest absolute Gasteiger partial charge is 0.135 e. The molecule has 0 atom stereocenters. The van der Waals surface area contributed by atoms with E-state index in [9.17, 15) is 0 Å². The van der Waals surface area contributed by atoms with Crippen molar-refractivity contribution in [1.82, 2.24) is 0 Å². The van der Waals surface area contributed by atoms with E-state index in [-0.39, 0.29) is 5.41 Å². The van der Waals surface area contributed by atoms with E-state index in [4.69, 9.17) is 0 Å². The van der Waals surface area contributed by atoms with Crippen LogP contribution in [0.1, 0.15) is 26.3 Å². The summed E-state index contributed by atoms with van der Waals surface area (Å²) < 4.78 is 2.79. The second kappa shape index (κ2) is 4.32. The van der Waals surface area contributed by atoms with E-state index in [0.717, 1.165) is 0 Å². The molecule has 0 bridgehead atoms. The SMILES string of the molecule is CC(C)(C)c1ccc2sc3c4ccccc4ccc3c2c1. The third kappa shape index (κ3) is 1.96. The molecule has 0 aliphatic rings. The standard InChI is InChI=1S/C20H18S/c1-20(2,3)14-9-11-18-17(12-14)16-10-8-13-6-4-5-7-15(13)19(16)21-18/h4-12H,1-3H3. The summed E-state index contributed by atoms with van der Waals surface area (Å²) >= 11 is 1.91. The Hall–Kier alpha value is -1.86. The summed E-state index contributed by atoms with van der Waals surface area (Å²) in [5, 5.41) is 5.48. The molecular weight excluding hydrogens is 272 g/mol. The zero-order valence-electron chi connectivity index (χ0n) is 12.6. The zero-order chi connectivity index (χ0) is 14.6. The molecule has 0 radical (unpaired) electrons. The van der Waals surface area contributed by atoms with E-state index in [1.807, 2.05) is 11.3 Å². The predicted octanol–water partition coefficient (Wildman–Crippen LogP) is 6.51. The molecule has 1 aromatic heterocycles. The number of hydrogen-bond donors (Lipinski definition) is 0. The summed E-state index contributed by atoms with van der Waals surface area (Å²) in [6, 6.07) is 20.1. The van der Waals surface area contributed by atoms with Gasteiger partial charge in [-0.2, -0.15) is 0 Å². The molecule has 0 nitrogen and oxygen atoms in total. The minimum atomic E-state index is 0.194. The molecule has 0 fully saturated rings. The lowest BCUT2D eigenvalue weighted by molar-refractivity contribution is 0.591. The van der Waals surface area contributed by atoms with Crippen molar-refractivity contribution in [3.05, 3.63) is 60.2 Å². The van der Waals surface area contributed by atoms with Crippen LogP contribution in [0.3, 0.4) is 0 Å². The summed E-state index contributed by atoms with van der Waals surface area (Å²) in [5.41, 5.74) is 1.60. The van der Waals surface area contributed by atoms with Crippen molar-refractivity contribution in [2.75, 3.05) is 0 Å². The molecule has 0 aliphatic heterocycles. The van der Waals surface area contributed by atoms with Crippen LogP contribution in [0.5, 0.6) is 0 Å². The molecule has 0 saturated heterocycles. The highest BCUT2D eigenvalue weighted by molar-refractivity contribution is 7.26. The van der Waals surface area contributed by atoms with E-state index in [0.29, 0.717) is 0 Å². The summed E-state index contributed by atoms with van der Waals surface area (Å²) in [6.45, 7) is 6.83. The van der Waals surface area contributed by atoms with Crippen LogP contribution in [0.4, 0.5) is 0 Å². The first kappa shape index (κ1) is 12.8. The number of hydrogen-bond acceptors (Lipinski definition) is 1. The van der Waals surface area contributed by atoms with Gasteiger partial charge < -0.3 is 0 Å². The van der Waals surface area contributed by atoms with Crippen molar-refractivity contribution >= 4 is 42.3 Å². The van der Waals surface area contributed by atoms with Gasteiger partial charge in [-0.1, -0.05) is 63.2 Å². The number of rotatable bonds is 0. The molecule has 21 heavy (non-hydrogen) atoms. The van der Waals surface area contributed by atoms with Gasteiger partial charge in [-0.15, -0.1) is 11.3 Å². The monoisotopic (exact) mass is 290 g/mol. The lowest BCUT2D eigenvalue weighted by atomic mass is 9.86. The number of fused-ring (bicyclic) bond motifs is 5. The quantitative estimate of drug-likeness (QED) is 0.346. The second-order valence-electron chi connectivity index (χ2n) is 6.73. The second-order valence-corrected chi connectivity index (χ2v) is 7.78. The normalized spacial score (nSPS) is 12.5. The summed E-state index contributed by atoms with van der Waals surface area (Å²) in [6.07, 6.45) is 0. The van der Waals surface area contributed by atoms with Crippen molar-refractivity contribution in [1.29, 1.82) is 0 Å². The Labute approximate surface area is 129 Å². The molecule has 4 rings (SSSR count). The van der Waals surface area contributed by atoms with Gasteiger partial charge in [0.25, 0.3) is 0 Å². The van der Waals surface area contributed by atoms with E-state index in [1.54, 1.807) is 0 Å². The highest BCUT2D eigenvalue weighted by Crippen LogP contribution is 2.39. The lowest BCUT2D eigenvalue weighted by Gasteiger charge is -2.18. The van der Waals surface area contributed by atoms with Crippen LogP contribution in [0.2, 0.25) is 0 Å². The Bertz CT molecular complexity index is 968. The zero-order valence-corrected chi connectivity index (χ0v) is 13.4. The van der Waals surface area contributed by atoms with Gasteiger partial charge in [-0.25, -0.2) is 0 Å². The molecule has 0 N–H and O–H groups in total. The summed E-state index contributed by atoms with van der Waals surface area (Å²) in [7, 11) is 0. The Balaban J connectivity index is 2.14. The molecule has 0 spiro atoms. The van der Waals surface area contributed by atoms with Crippen LogP contribution < -0.4 is 0 Å². The van der Waals surface area contributed by atoms with E-state index in [2.05, 4.69) is 75.4 Å². The van der Waals surface area contributed by atoms with Crippen molar-refractivity contribution in [3.63, 3.8) is 0 Å². The molecule has 104 valence electrons. The van der Waals surface area contributed by atoms with Gasteiger partial charge >= 0.3 is 0 Å². The summed E-state index contributed by atoms with van der Waals surface area (Å²) in [5.74, 6) is 0. The minimum Gasteiger partial charge on any atom is -0.135 e. The van der Waals surface area contributed by atoms with Gasteiger partial charge in [-0.3, -0.25) is 0 Å². The maximum atomic E-state index is 2.38. The van der Waals surface area contributed by atoms with Gasteiger partial charge in [0.2, 0.25) is 0 Å². The maximum absolute atomic E-state index is 2.38. The first-order valence-electron chi connectivity index (χ1n) is 7.38. The summed E-state index contributed by atoms with van der Waals surface area (Å²) in [4.78, 5) is 0. The Morgan fingerprint density at radius 2 is 1.57 bits per heavy atom. The first-order valence-corrected chi connectivity index (χ1v) is 8.20. The molecule has 4 aromatic rings. The molecule has 0 amide bonds. The fourth-order valence-electron chi connectivity index (χ4n) is 2.97. The van der Waals surface area contributed by atoms with Gasteiger partial charge in [0.05, 0.1) is 0 Å². The van der Waals surface area contributed by atoms with Crippen molar-refractivity contribution in [2.45, 2.75) is 26.2 Å². The third-order valence-corrected chi connectivity index (χ3v) is 5.45. The van der Waals surface area contributed by atoms with Crippen LogP contribution in [-0.2, 0) is 5.41 Å². The third-order valence-electron chi connectivity index (χ3n) is 4.23. The van der Waals surface area contributed by atoms with E-state index < -0.39 is 0 Å².